The van der Waals surface area contributed by atoms with Crippen molar-refractivity contribution in [2.24, 2.45) is 0 Å². The van der Waals surface area contributed by atoms with Crippen molar-refractivity contribution in [1.82, 2.24) is 0 Å². The van der Waals surface area contributed by atoms with Crippen LogP contribution in [-0.4, -0.2) is 24.4 Å². The lowest BCUT2D eigenvalue weighted by Gasteiger charge is -2.20. The van der Waals surface area contributed by atoms with Crippen LogP contribution >= 0.6 is 0 Å². The van der Waals surface area contributed by atoms with Crippen LogP contribution in [0, 0.1) is 0 Å². The number of epoxide rings is 1. The fraction of sp³-hybridized carbons (Fsp3) is 0.818. The zero-order valence-electron chi connectivity index (χ0n) is 8.40. The number of rotatable bonds is 4. The highest BCUT2D eigenvalue weighted by atomic mass is 16.6. The Morgan fingerprint density at radius 2 is 2.23 bits per heavy atom. The minimum atomic E-state index is 0.226. The Labute approximate surface area is 79.9 Å². The smallest absolute Gasteiger partial charge is 0.114 e. The Hall–Kier alpha value is -0.340. The molecular weight excluding hydrogens is 164 g/mol. The van der Waals surface area contributed by atoms with Crippen LogP contribution in [-0.2, 0) is 9.47 Å². The lowest BCUT2D eigenvalue weighted by molar-refractivity contribution is -0.00409. The maximum absolute atomic E-state index is 5.93. The van der Waals surface area contributed by atoms with E-state index in [1.54, 1.807) is 0 Å². The first-order valence-electron chi connectivity index (χ1n) is 5.32. The fourth-order valence-corrected chi connectivity index (χ4v) is 1.92. The van der Waals surface area contributed by atoms with E-state index in [0.29, 0.717) is 18.3 Å². The molecule has 0 aromatic rings. The number of hydrogen-bond acceptors (Lipinski definition) is 2. The first-order chi connectivity index (χ1) is 6.35. The largest absolute Gasteiger partial charge is 0.368 e. The van der Waals surface area contributed by atoms with Gasteiger partial charge in [0.1, 0.15) is 12.2 Å². The summed E-state index contributed by atoms with van der Waals surface area (Å²) in [5.41, 5.74) is 0. The first kappa shape index (κ1) is 9.22. The first-order valence-corrected chi connectivity index (χ1v) is 5.32. The van der Waals surface area contributed by atoms with Crippen LogP contribution in [0.4, 0.5) is 0 Å². The minimum absolute atomic E-state index is 0.226. The van der Waals surface area contributed by atoms with E-state index in [4.69, 9.17) is 9.47 Å². The standard InChI is InChI=1S/C11H18O2/c1-3-8(4-2)12-9-6-5-7-10-11(9)13-10/h5-6,8-11H,3-4,7H2,1-2H3/t9-,10+,11+/m1/s1. The van der Waals surface area contributed by atoms with Gasteiger partial charge in [-0.25, -0.2) is 0 Å². The van der Waals surface area contributed by atoms with Gasteiger partial charge in [0.25, 0.3) is 0 Å². The van der Waals surface area contributed by atoms with Gasteiger partial charge in [0, 0.05) is 0 Å². The van der Waals surface area contributed by atoms with Gasteiger partial charge in [-0.1, -0.05) is 26.0 Å². The average Bonchev–Trinajstić information content (AvgIpc) is 2.93. The second-order valence-corrected chi connectivity index (χ2v) is 3.84. The quantitative estimate of drug-likeness (QED) is 0.491. The molecule has 13 heavy (non-hydrogen) atoms. The minimum Gasteiger partial charge on any atom is -0.368 e. The molecule has 2 rings (SSSR count). The molecule has 1 fully saturated rings. The molecule has 2 nitrogen and oxygen atoms in total. The van der Waals surface area contributed by atoms with Gasteiger partial charge in [0.05, 0.1) is 12.2 Å². The van der Waals surface area contributed by atoms with E-state index in [-0.39, 0.29) is 6.10 Å². The van der Waals surface area contributed by atoms with Gasteiger partial charge in [0.2, 0.25) is 0 Å². The Morgan fingerprint density at radius 3 is 2.92 bits per heavy atom. The molecule has 0 radical (unpaired) electrons. The van der Waals surface area contributed by atoms with Crippen molar-refractivity contribution in [2.75, 3.05) is 0 Å². The molecule has 0 saturated carbocycles. The van der Waals surface area contributed by atoms with Gasteiger partial charge in [-0.3, -0.25) is 0 Å². The molecule has 0 spiro atoms. The van der Waals surface area contributed by atoms with Crippen LogP contribution in [0.5, 0.6) is 0 Å². The van der Waals surface area contributed by atoms with Gasteiger partial charge in [0.15, 0.2) is 0 Å². The zero-order chi connectivity index (χ0) is 9.26. The summed E-state index contributed by atoms with van der Waals surface area (Å²) in [5.74, 6) is 0. The third kappa shape index (κ3) is 1.94. The molecule has 0 bridgehead atoms. The van der Waals surface area contributed by atoms with Gasteiger partial charge in [-0.15, -0.1) is 0 Å². The lowest BCUT2D eigenvalue weighted by atomic mass is 10.0. The number of ether oxygens (including phenoxy) is 2. The van der Waals surface area contributed by atoms with Crippen molar-refractivity contribution in [1.29, 1.82) is 0 Å². The van der Waals surface area contributed by atoms with Crippen LogP contribution in [0.15, 0.2) is 12.2 Å². The number of fused-ring (bicyclic) bond motifs is 1. The molecule has 0 amide bonds. The summed E-state index contributed by atoms with van der Waals surface area (Å²) in [4.78, 5) is 0. The van der Waals surface area contributed by atoms with Crippen molar-refractivity contribution in [3.63, 3.8) is 0 Å². The maximum Gasteiger partial charge on any atom is 0.114 e. The van der Waals surface area contributed by atoms with Crippen molar-refractivity contribution in [3.05, 3.63) is 12.2 Å². The molecule has 74 valence electrons. The van der Waals surface area contributed by atoms with Crippen molar-refractivity contribution >= 4 is 0 Å². The molecule has 2 aliphatic rings. The Morgan fingerprint density at radius 1 is 1.46 bits per heavy atom. The molecule has 1 aliphatic carbocycles. The predicted molar refractivity (Wildman–Crippen MR) is 51.7 cm³/mol. The topological polar surface area (TPSA) is 21.8 Å². The fourth-order valence-electron chi connectivity index (χ4n) is 1.92. The van der Waals surface area contributed by atoms with Gasteiger partial charge < -0.3 is 9.47 Å². The highest BCUT2D eigenvalue weighted by molar-refractivity contribution is 5.10. The third-order valence-electron chi connectivity index (χ3n) is 2.90. The summed E-state index contributed by atoms with van der Waals surface area (Å²) in [7, 11) is 0. The average molecular weight is 182 g/mol. The van der Waals surface area contributed by atoms with Crippen LogP contribution in [0.25, 0.3) is 0 Å². The molecule has 0 aromatic heterocycles. The summed E-state index contributed by atoms with van der Waals surface area (Å²) >= 11 is 0. The van der Waals surface area contributed by atoms with Crippen LogP contribution in [0.1, 0.15) is 33.1 Å². The van der Waals surface area contributed by atoms with Crippen molar-refractivity contribution in [3.8, 4) is 0 Å². The molecule has 1 saturated heterocycles. The molecule has 0 aromatic carbocycles. The van der Waals surface area contributed by atoms with Gasteiger partial charge in [-0.2, -0.15) is 0 Å². The second-order valence-electron chi connectivity index (χ2n) is 3.84. The Balaban J connectivity index is 1.86. The maximum atomic E-state index is 5.93. The summed E-state index contributed by atoms with van der Waals surface area (Å²) in [6.07, 6.45) is 9.06. The third-order valence-corrected chi connectivity index (χ3v) is 2.90. The molecule has 3 atom stereocenters. The van der Waals surface area contributed by atoms with Gasteiger partial charge in [-0.05, 0) is 19.3 Å². The van der Waals surface area contributed by atoms with E-state index in [0.717, 1.165) is 19.3 Å². The van der Waals surface area contributed by atoms with E-state index >= 15 is 0 Å². The number of hydrogen-bond donors (Lipinski definition) is 0. The van der Waals surface area contributed by atoms with E-state index < -0.39 is 0 Å². The van der Waals surface area contributed by atoms with E-state index in [2.05, 4.69) is 26.0 Å². The van der Waals surface area contributed by atoms with Crippen LogP contribution in [0.3, 0.4) is 0 Å². The molecule has 0 unspecified atom stereocenters. The lowest BCUT2D eigenvalue weighted by Crippen LogP contribution is -2.27. The van der Waals surface area contributed by atoms with E-state index in [1.807, 2.05) is 0 Å². The van der Waals surface area contributed by atoms with E-state index in [9.17, 15) is 0 Å². The zero-order valence-corrected chi connectivity index (χ0v) is 8.40. The molecule has 0 N–H and O–H groups in total. The van der Waals surface area contributed by atoms with Crippen molar-refractivity contribution < 1.29 is 9.47 Å². The molecular formula is C11H18O2. The van der Waals surface area contributed by atoms with Crippen molar-refractivity contribution in [2.45, 2.75) is 57.5 Å². The normalized spacial score (nSPS) is 36.4. The van der Waals surface area contributed by atoms with Crippen LogP contribution < -0.4 is 0 Å². The second kappa shape index (κ2) is 3.81. The van der Waals surface area contributed by atoms with Crippen LogP contribution in [0.2, 0.25) is 0 Å². The summed E-state index contributed by atoms with van der Waals surface area (Å²) in [6, 6.07) is 0. The Bertz CT molecular complexity index is 196. The molecule has 1 heterocycles. The SMILES string of the molecule is CCC(CC)O[C@@H]1C=CC[C@@H]2O[C@H]21. The Kier molecular flexibility index (Phi) is 2.70. The molecule has 1 aliphatic heterocycles. The monoisotopic (exact) mass is 182 g/mol. The summed E-state index contributed by atoms with van der Waals surface area (Å²) in [5, 5.41) is 0. The summed E-state index contributed by atoms with van der Waals surface area (Å²) < 4.78 is 11.4. The molecule has 2 heteroatoms. The predicted octanol–water partition coefficient (Wildman–Crippen LogP) is 2.29. The van der Waals surface area contributed by atoms with E-state index in [1.165, 1.54) is 0 Å². The highest BCUT2D eigenvalue weighted by Crippen LogP contribution is 2.35. The van der Waals surface area contributed by atoms with Gasteiger partial charge >= 0.3 is 0 Å². The summed E-state index contributed by atoms with van der Waals surface area (Å²) in [6.45, 7) is 4.35. The highest BCUT2D eigenvalue weighted by Gasteiger charge is 2.46.